The third-order valence-corrected chi connectivity index (χ3v) is 3.15. The van der Waals surface area contributed by atoms with Crippen molar-refractivity contribution in [2.24, 2.45) is 11.7 Å². The van der Waals surface area contributed by atoms with E-state index in [-0.39, 0.29) is 11.5 Å². The maximum absolute atomic E-state index is 12.0. The van der Waals surface area contributed by atoms with Crippen LogP contribution in [0.3, 0.4) is 0 Å². The summed E-state index contributed by atoms with van der Waals surface area (Å²) in [6.07, 6.45) is 1.54. The zero-order chi connectivity index (χ0) is 12.2. The van der Waals surface area contributed by atoms with Crippen molar-refractivity contribution in [3.63, 3.8) is 0 Å². The molecule has 1 aliphatic rings. The zero-order valence-corrected chi connectivity index (χ0v) is 10.7. The molecular formula is C12H24N2O2. The van der Waals surface area contributed by atoms with Crippen molar-refractivity contribution in [3.05, 3.63) is 0 Å². The van der Waals surface area contributed by atoms with Crippen LogP contribution in [0.15, 0.2) is 0 Å². The molecule has 94 valence electrons. The van der Waals surface area contributed by atoms with Crippen LogP contribution in [0.5, 0.6) is 0 Å². The molecule has 1 heterocycles. The Morgan fingerprint density at radius 2 is 2.25 bits per heavy atom. The highest BCUT2D eigenvalue weighted by atomic mass is 16.5. The molecule has 1 fully saturated rings. The fraction of sp³-hybridized carbons (Fsp3) is 0.917. The van der Waals surface area contributed by atoms with Crippen LogP contribution in [0.4, 0.5) is 0 Å². The molecule has 0 spiro atoms. The molecule has 1 unspecified atom stereocenters. The minimum absolute atomic E-state index is 0.210. The molecule has 0 saturated carbocycles. The summed E-state index contributed by atoms with van der Waals surface area (Å²) in [5, 5.41) is 0. The summed E-state index contributed by atoms with van der Waals surface area (Å²) in [5.74, 6) is 0.534. The number of hydrogen-bond donors (Lipinski definition) is 1. The Labute approximate surface area is 98.1 Å². The van der Waals surface area contributed by atoms with Crippen LogP contribution in [-0.4, -0.2) is 42.6 Å². The zero-order valence-electron chi connectivity index (χ0n) is 10.7. The summed E-state index contributed by atoms with van der Waals surface area (Å²) in [6.45, 7) is 8.75. The summed E-state index contributed by atoms with van der Waals surface area (Å²) >= 11 is 0. The number of amides is 1. The SMILES string of the molecule is CCC(CN)CC(=O)N1CCOC(C)(C)C1. The molecule has 4 heteroatoms. The van der Waals surface area contributed by atoms with E-state index in [1.54, 1.807) is 0 Å². The topological polar surface area (TPSA) is 55.6 Å². The van der Waals surface area contributed by atoms with Gasteiger partial charge in [0.2, 0.25) is 5.91 Å². The fourth-order valence-corrected chi connectivity index (χ4v) is 2.00. The van der Waals surface area contributed by atoms with E-state index in [2.05, 4.69) is 6.92 Å². The van der Waals surface area contributed by atoms with Crippen molar-refractivity contribution < 1.29 is 9.53 Å². The lowest BCUT2D eigenvalue weighted by atomic mass is 10.0. The van der Waals surface area contributed by atoms with E-state index in [1.165, 1.54) is 0 Å². The molecule has 0 bridgehead atoms. The normalized spacial score (nSPS) is 21.9. The number of nitrogens with two attached hydrogens (primary N) is 1. The number of morpholine rings is 1. The lowest BCUT2D eigenvalue weighted by Crippen LogP contribution is -2.51. The smallest absolute Gasteiger partial charge is 0.223 e. The summed E-state index contributed by atoms with van der Waals surface area (Å²) in [7, 11) is 0. The first-order valence-electron chi connectivity index (χ1n) is 6.10. The molecule has 0 aromatic rings. The van der Waals surface area contributed by atoms with Gasteiger partial charge in [-0.25, -0.2) is 0 Å². The molecule has 0 aromatic heterocycles. The summed E-state index contributed by atoms with van der Waals surface area (Å²) < 4.78 is 5.58. The highest BCUT2D eigenvalue weighted by Crippen LogP contribution is 2.18. The van der Waals surface area contributed by atoms with Crippen LogP contribution in [0, 0.1) is 5.92 Å². The molecule has 16 heavy (non-hydrogen) atoms. The van der Waals surface area contributed by atoms with Crippen LogP contribution in [0.25, 0.3) is 0 Å². The highest BCUT2D eigenvalue weighted by molar-refractivity contribution is 5.76. The average molecular weight is 228 g/mol. The molecule has 0 aliphatic carbocycles. The van der Waals surface area contributed by atoms with Gasteiger partial charge in [0.05, 0.1) is 12.2 Å². The van der Waals surface area contributed by atoms with Gasteiger partial charge in [0.1, 0.15) is 0 Å². The Kier molecular flexibility index (Phi) is 4.74. The Morgan fingerprint density at radius 1 is 1.56 bits per heavy atom. The standard InChI is InChI=1S/C12H24N2O2/c1-4-10(8-13)7-11(15)14-5-6-16-12(2,3)9-14/h10H,4-9,13H2,1-3H3. The molecule has 4 nitrogen and oxygen atoms in total. The Balaban J connectivity index is 2.47. The molecule has 1 aliphatic heterocycles. The Morgan fingerprint density at radius 3 is 2.75 bits per heavy atom. The van der Waals surface area contributed by atoms with E-state index >= 15 is 0 Å². The third kappa shape index (κ3) is 3.76. The van der Waals surface area contributed by atoms with E-state index in [0.717, 1.165) is 6.42 Å². The maximum atomic E-state index is 12.0. The number of ether oxygens (including phenoxy) is 1. The van der Waals surface area contributed by atoms with Gasteiger partial charge < -0.3 is 15.4 Å². The first-order valence-corrected chi connectivity index (χ1v) is 6.10. The van der Waals surface area contributed by atoms with Gasteiger partial charge in [0, 0.05) is 19.5 Å². The Hall–Kier alpha value is -0.610. The van der Waals surface area contributed by atoms with Crippen LogP contribution in [0.2, 0.25) is 0 Å². The number of nitrogens with zero attached hydrogens (tertiary/aromatic N) is 1. The highest BCUT2D eigenvalue weighted by Gasteiger charge is 2.30. The van der Waals surface area contributed by atoms with E-state index in [9.17, 15) is 4.79 Å². The van der Waals surface area contributed by atoms with Gasteiger partial charge in [0.15, 0.2) is 0 Å². The van der Waals surface area contributed by atoms with Crippen molar-refractivity contribution in [2.45, 2.75) is 39.2 Å². The largest absolute Gasteiger partial charge is 0.372 e. The third-order valence-electron chi connectivity index (χ3n) is 3.15. The second kappa shape index (κ2) is 5.64. The van der Waals surface area contributed by atoms with Crippen molar-refractivity contribution in [3.8, 4) is 0 Å². The molecule has 0 aromatic carbocycles. The van der Waals surface area contributed by atoms with Crippen molar-refractivity contribution in [1.82, 2.24) is 4.90 Å². The lowest BCUT2D eigenvalue weighted by molar-refractivity contribution is -0.146. The number of hydrogen-bond acceptors (Lipinski definition) is 3. The second-order valence-corrected chi connectivity index (χ2v) is 5.14. The quantitative estimate of drug-likeness (QED) is 0.781. The van der Waals surface area contributed by atoms with Crippen molar-refractivity contribution in [1.29, 1.82) is 0 Å². The lowest BCUT2D eigenvalue weighted by Gasteiger charge is -2.38. The van der Waals surface area contributed by atoms with Gasteiger partial charge in [-0.1, -0.05) is 13.3 Å². The fourth-order valence-electron chi connectivity index (χ4n) is 2.00. The van der Waals surface area contributed by atoms with Gasteiger partial charge >= 0.3 is 0 Å². The van der Waals surface area contributed by atoms with Gasteiger partial charge in [-0.15, -0.1) is 0 Å². The average Bonchev–Trinajstić information content (AvgIpc) is 2.24. The molecular weight excluding hydrogens is 204 g/mol. The maximum Gasteiger partial charge on any atom is 0.223 e. The van der Waals surface area contributed by atoms with Gasteiger partial charge in [-0.3, -0.25) is 4.79 Å². The minimum atomic E-state index is -0.210. The first-order chi connectivity index (χ1) is 7.48. The number of carbonyl (C=O) groups excluding carboxylic acids is 1. The van der Waals surface area contributed by atoms with Crippen LogP contribution >= 0.6 is 0 Å². The predicted octanol–water partition coefficient (Wildman–Crippen LogP) is 0.999. The van der Waals surface area contributed by atoms with E-state index in [4.69, 9.17) is 10.5 Å². The van der Waals surface area contributed by atoms with Crippen molar-refractivity contribution in [2.75, 3.05) is 26.2 Å². The van der Waals surface area contributed by atoms with E-state index in [1.807, 2.05) is 18.7 Å². The van der Waals surface area contributed by atoms with Gasteiger partial charge in [0.25, 0.3) is 0 Å². The second-order valence-electron chi connectivity index (χ2n) is 5.14. The summed E-state index contributed by atoms with van der Waals surface area (Å²) in [4.78, 5) is 13.9. The number of carbonyl (C=O) groups is 1. The molecule has 2 N–H and O–H groups in total. The molecule has 1 atom stereocenters. The van der Waals surface area contributed by atoms with Gasteiger partial charge in [-0.2, -0.15) is 0 Å². The van der Waals surface area contributed by atoms with Crippen LogP contribution in [-0.2, 0) is 9.53 Å². The monoisotopic (exact) mass is 228 g/mol. The van der Waals surface area contributed by atoms with Crippen LogP contribution < -0.4 is 5.73 Å². The Bertz CT molecular complexity index is 237. The minimum Gasteiger partial charge on any atom is -0.372 e. The molecule has 0 radical (unpaired) electrons. The predicted molar refractivity (Wildman–Crippen MR) is 64.1 cm³/mol. The number of rotatable bonds is 4. The van der Waals surface area contributed by atoms with E-state index < -0.39 is 0 Å². The van der Waals surface area contributed by atoms with Crippen molar-refractivity contribution >= 4 is 5.91 Å². The molecule has 1 amide bonds. The molecule has 1 saturated heterocycles. The van der Waals surface area contributed by atoms with Crippen LogP contribution in [0.1, 0.15) is 33.6 Å². The van der Waals surface area contributed by atoms with Gasteiger partial charge in [-0.05, 0) is 26.3 Å². The summed E-state index contributed by atoms with van der Waals surface area (Å²) in [5.41, 5.74) is 5.41. The van der Waals surface area contributed by atoms with E-state index in [0.29, 0.717) is 38.6 Å². The first kappa shape index (κ1) is 13.5. The molecule has 1 rings (SSSR count). The summed E-state index contributed by atoms with van der Waals surface area (Å²) in [6, 6.07) is 0.